The highest BCUT2D eigenvalue weighted by Gasteiger charge is 2.21. The van der Waals surface area contributed by atoms with Crippen LogP contribution in [0.4, 0.5) is 10.1 Å². The smallest absolute Gasteiger partial charge is 0.318 e. The van der Waals surface area contributed by atoms with E-state index in [2.05, 4.69) is 0 Å². The summed E-state index contributed by atoms with van der Waals surface area (Å²) in [6.45, 7) is 1.49. The lowest BCUT2D eigenvalue weighted by atomic mass is 10.2. The highest BCUT2D eigenvalue weighted by Crippen LogP contribution is 2.32. The Bertz CT molecular complexity index is 452. The second-order valence-corrected chi connectivity index (χ2v) is 4.46. The number of carbonyl (C=O) groups is 1. The Hall–Kier alpha value is -1.63. The van der Waals surface area contributed by atoms with Crippen LogP contribution in [-0.4, -0.2) is 21.8 Å². The number of rotatable bonds is 5. The maximum absolute atomic E-state index is 13.2. The molecule has 0 aliphatic rings. The van der Waals surface area contributed by atoms with Gasteiger partial charge in [-0.15, -0.1) is 11.8 Å². The summed E-state index contributed by atoms with van der Waals surface area (Å²) in [6, 6.07) is 3.76. The van der Waals surface area contributed by atoms with Gasteiger partial charge in [0, 0.05) is 5.75 Å². The molecule has 5 nitrogen and oxygen atoms in total. The van der Waals surface area contributed by atoms with Gasteiger partial charge < -0.3 is 5.11 Å². The minimum Gasteiger partial charge on any atom is -0.481 e. The molecule has 1 aromatic carbocycles. The summed E-state index contributed by atoms with van der Waals surface area (Å²) >= 11 is 0.963. The Morgan fingerprint density at radius 1 is 1.65 bits per heavy atom. The van der Waals surface area contributed by atoms with Crippen LogP contribution in [0.2, 0.25) is 0 Å². The average Bonchev–Trinajstić information content (AvgIpc) is 2.24. The fourth-order valence-electron chi connectivity index (χ4n) is 1.08. The number of nitro benzene ring substituents is 1. The molecule has 1 aromatic rings. The van der Waals surface area contributed by atoms with Gasteiger partial charge in [0.05, 0.1) is 15.7 Å². The minimum absolute atomic E-state index is 0.142. The zero-order valence-electron chi connectivity index (χ0n) is 8.92. The summed E-state index contributed by atoms with van der Waals surface area (Å²) in [7, 11) is 0. The van der Waals surface area contributed by atoms with E-state index in [0.717, 1.165) is 17.8 Å². The van der Waals surface area contributed by atoms with Crippen molar-refractivity contribution in [2.24, 2.45) is 5.92 Å². The number of para-hydroxylation sites is 1. The predicted molar refractivity (Wildman–Crippen MR) is 60.6 cm³/mol. The van der Waals surface area contributed by atoms with Crippen molar-refractivity contribution >= 4 is 23.4 Å². The molecule has 1 atom stereocenters. The van der Waals surface area contributed by atoms with E-state index in [1.807, 2.05) is 0 Å². The monoisotopic (exact) mass is 259 g/mol. The largest absolute Gasteiger partial charge is 0.481 e. The molecule has 1 N–H and O–H groups in total. The molecule has 0 fully saturated rings. The van der Waals surface area contributed by atoms with Crippen LogP contribution in [0, 0.1) is 21.8 Å². The van der Waals surface area contributed by atoms with E-state index in [9.17, 15) is 19.3 Å². The van der Waals surface area contributed by atoms with Crippen LogP contribution in [-0.2, 0) is 4.79 Å². The van der Waals surface area contributed by atoms with Crippen LogP contribution < -0.4 is 0 Å². The number of thioether (sulfide) groups is 1. The van der Waals surface area contributed by atoms with Gasteiger partial charge in [-0.2, -0.15) is 4.39 Å². The lowest BCUT2D eigenvalue weighted by molar-refractivity contribution is -0.390. The highest BCUT2D eigenvalue weighted by atomic mass is 32.2. The molecule has 0 aromatic heterocycles. The molecular weight excluding hydrogens is 249 g/mol. The third kappa shape index (κ3) is 3.42. The standard InChI is InChI=1S/C10H10FNO4S/c1-6(10(13)14)5-17-8-4-2-3-7(11)9(8)12(15)16/h2-4,6H,5H2,1H3,(H,13,14). The first-order valence-electron chi connectivity index (χ1n) is 4.72. The number of benzene rings is 1. The molecule has 0 spiro atoms. The molecule has 0 radical (unpaired) electrons. The van der Waals surface area contributed by atoms with Crippen LogP contribution in [0.25, 0.3) is 0 Å². The number of halogens is 1. The third-order valence-electron chi connectivity index (χ3n) is 2.04. The van der Waals surface area contributed by atoms with Crippen molar-refractivity contribution < 1.29 is 19.2 Å². The third-order valence-corrected chi connectivity index (χ3v) is 3.35. The SMILES string of the molecule is CC(CSc1cccc(F)c1[N+](=O)[O-])C(=O)O. The fourth-order valence-corrected chi connectivity index (χ4v) is 2.13. The number of carboxylic acid groups (broad SMARTS) is 1. The van der Waals surface area contributed by atoms with E-state index in [0.29, 0.717) is 0 Å². The number of nitrogens with zero attached hydrogens (tertiary/aromatic N) is 1. The lowest BCUT2D eigenvalue weighted by Gasteiger charge is -2.06. The number of hydrogen-bond acceptors (Lipinski definition) is 4. The van der Waals surface area contributed by atoms with Crippen LogP contribution in [0.1, 0.15) is 6.92 Å². The van der Waals surface area contributed by atoms with Crippen molar-refractivity contribution in [1.29, 1.82) is 0 Å². The first kappa shape index (κ1) is 13.4. The Labute approximate surface area is 101 Å². The summed E-state index contributed by atoms with van der Waals surface area (Å²) in [4.78, 5) is 20.6. The van der Waals surface area contributed by atoms with Crippen LogP contribution in [0.15, 0.2) is 23.1 Å². The Morgan fingerprint density at radius 2 is 2.29 bits per heavy atom. The van der Waals surface area contributed by atoms with Crippen molar-refractivity contribution in [2.75, 3.05) is 5.75 Å². The second kappa shape index (κ2) is 5.62. The molecule has 92 valence electrons. The molecule has 0 aliphatic heterocycles. The topological polar surface area (TPSA) is 80.4 Å². The van der Waals surface area contributed by atoms with Gasteiger partial charge in [-0.25, -0.2) is 0 Å². The lowest BCUT2D eigenvalue weighted by Crippen LogP contribution is -2.11. The van der Waals surface area contributed by atoms with Crippen molar-refractivity contribution in [1.82, 2.24) is 0 Å². The first-order chi connectivity index (χ1) is 7.93. The van der Waals surface area contributed by atoms with Gasteiger partial charge in [0.1, 0.15) is 0 Å². The fraction of sp³-hybridized carbons (Fsp3) is 0.300. The molecule has 0 amide bonds. The average molecular weight is 259 g/mol. The molecular formula is C10H10FNO4S. The molecule has 0 saturated carbocycles. The van der Waals surface area contributed by atoms with E-state index in [1.54, 1.807) is 0 Å². The quantitative estimate of drug-likeness (QED) is 0.499. The summed E-state index contributed by atoms with van der Waals surface area (Å²) in [5, 5.41) is 19.3. The number of nitro groups is 1. The van der Waals surface area contributed by atoms with Gasteiger partial charge >= 0.3 is 11.7 Å². The zero-order chi connectivity index (χ0) is 13.0. The highest BCUT2D eigenvalue weighted by molar-refractivity contribution is 7.99. The Kier molecular flexibility index (Phi) is 4.45. The molecule has 7 heteroatoms. The van der Waals surface area contributed by atoms with Gasteiger partial charge in [0.25, 0.3) is 0 Å². The molecule has 1 rings (SSSR count). The van der Waals surface area contributed by atoms with Crippen molar-refractivity contribution in [2.45, 2.75) is 11.8 Å². The van der Waals surface area contributed by atoms with Crippen LogP contribution >= 0.6 is 11.8 Å². The Balaban J connectivity index is 2.88. The van der Waals surface area contributed by atoms with E-state index in [-0.39, 0.29) is 10.6 Å². The number of aliphatic carboxylic acids is 1. The van der Waals surface area contributed by atoms with E-state index in [4.69, 9.17) is 5.11 Å². The van der Waals surface area contributed by atoms with Gasteiger partial charge in [-0.05, 0) is 12.1 Å². The van der Waals surface area contributed by atoms with Gasteiger partial charge in [-0.3, -0.25) is 14.9 Å². The minimum atomic E-state index is -0.989. The second-order valence-electron chi connectivity index (χ2n) is 3.39. The van der Waals surface area contributed by atoms with E-state index in [1.165, 1.54) is 19.1 Å². The van der Waals surface area contributed by atoms with Gasteiger partial charge in [0.2, 0.25) is 5.82 Å². The van der Waals surface area contributed by atoms with Crippen molar-refractivity contribution in [3.8, 4) is 0 Å². The first-order valence-corrected chi connectivity index (χ1v) is 5.70. The molecule has 0 saturated heterocycles. The summed E-state index contributed by atoms with van der Waals surface area (Å²) < 4.78 is 13.2. The number of hydrogen-bond donors (Lipinski definition) is 1. The summed E-state index contributed by atoms with van der Waals surface area (Å²) in [5.41, 5.74) is -0.602. The van der Waals surface area contributed by atoms with E-state index < -0.39 is 28.3 Å². The van der Waals surface area contributed by atoms with Gasteiger partial charge in [0.15, 0.2) is 0 Å². The van der Waals surface area contributed by atoms with Crippen molar-refractivity contribution in [3.05, 3.63) is 34.1 Å². The van der Waals surface area contributed by atoms with Crippen LogP contribution in [0.5, 0.6) is 0 Å². The van der Waals surface area contributed by atoms with E-state index >= 15 is 0 Å². The summed E-state index contributed by atoms with van der Waals surface area (Å²) in [6.07, 6.45) is 0. The van der Waals surface area contributed by atoms with Crippen LogP contribution in [0.3, 0.4) is 0 Å². The molecule has 0 bridgehead atoms. The maximum atomic E-state index is 13.2. The molecule has 0 aliphatic carbocycles. The Morgan fingerprint density at radius 3 is 2.82 bits per heavy atom. The molecule has 1 unspecified atom stereocenters. The van der Waals surface area contributed by atoms with Crippen molar-refractivity contribution in [3.63, 3.8) is 0 Å². The number of carboxylic acids is 1. The predicted octanol–water partition coefficient (Wildman–Crippen LogP) is 2.55. The molecule has 0 heterocycles. The maximum Gasteiger partial charge on any atom is 0.318 e. The summed E-state index contributed by atoms with van der Waals surface area (Å²) in [5.74, 6) is -2.40. The zero-order valence-corrected chi connectivity index (χ0v) is 9.74. The van der Waals surface area contributed by atoms with Gasteiger partial charge in [-0.1, -0.05) is 13.0 Å². The normalized spacial score (nSPS) is 12.1. The molecule has 17 heavy (non-hydrogen) atoms.